The van der Waals surface area contributed by atoms with Crippen LogP contribution in [-0.4, -0.2) is 21.9 Å². The highest BCUT2D eigenvalue weighted by Crippen LogP contribution is 2.25. The molecular weight excluding hydrogens is 290 g/mol. The number of anilines is 1. The summed E-state index contributed by atoms with van der Waals surface area (Å²) in [5, 5.41) is 11.3. The van der Waals surface area contributed by atoms with Gasteiger partial charge >= 0.3 is 0 Å². The number of hydrogen-bond donors (Lipinski definition) is 1. The SMILES string of the molecule is CCSc1nnc(NC(=O)Cc2ccc(C)cc2C)s1. The van der Waals surface area contributed by atoms with E-state index in [4.69, 9.17) is 0 Å². The van der Waals surface area contributed by atoms with Crippen LogP contribution < -0.4 is 5.32 Å². The molecule has 1 aromatic carbocycles. The van der Waals surface area contributed by atoms with Gasteiger partial charge in [0.15, 0.2) is 4.34 Å². The van der Waals surface area contributed by atoms with E-state index in [1.807, 2.05) is 26.0 Å². The van der Waals surface area contributed by atoms with Crippen molar-refractivity contribution in [3.63, 3.8) is 0 Å². The second-order valence-electron chi connectivity index (χ2n) is 4.46. The average molecular weight is 307 g/mol. The van der Waals surface area contributed by atoms with Gasteiger partial charge in [0.05, 0.1) is 6.42 Å². The van der Waals surface area contributed by atoms with Gasteiger partial charge in [-0.1, -0.05) is 53.8 Å². The van der Waals surface area contributed by atoms with Crippen molar-refractivity contribution in [2.45, 2.75) is 31.5 Å². The molecule has 0 unspecified atom stereocenters. The minimum atomic E-state index is -0.0545. The predicted octanol–water partition coefficient (Wildman–Crippen LogP) is 3.45. The van der Waals surface area contributed by atoms with Gasteiger partial charge in [-0.3, -0.25) is 4.79 Å². The Morgan fingerprint density at radius 3 is 2.85 bits per heavy atom. The maximum absolute atomic E-state index is 12.0. The zero-order valence-electron chi connectivity index (χ0n) is 11.8. The number of nitrogens with one attached hydrogen (secondary N) is 1. The Morgan fingerprint density at radius 1 is 1.35 bits per heavy atom. The fourth-order valence-corrected chi connectivity index (χ4v) is 3.49. The van der Waals surface area contributed by atoms with E-state index in [0.717, 1.165) is 21.2 Å². The smallest absolute Gasteiger partial charge is 0.230 e. The summed E-state index contributed by atoms with van der Waals surface area (Å²) < 4.78 is 0.884. The van der Waals surface area contributed by atoms with Crippen molar-refractivity contribution in [2.24, 2.45) is 0 Å². The van der Waals surface area contributed by atoms with E-state index < -0.39 is 0 Å². The van der Waals surface area contributed by atoms with Crippen LogP contribution in [-0.2, 0) is 11.2 Å². The average Bonchev–Trinajstić information content (AvgIpc) is 2.81. The maximum Gasteiger partial charge on any atom is 0.230 e. The first-order valence-electron chi connectivity index (χ1n) is 6.40. The first-order valence-corrected chi connectivity index (χ1v) is 8.21. The van der Waals surface area contributed by atoms with Gasteiger partial charge < -0.3 is 5.32 Å². The van der Waals surface area contributed by atoms with Gasteiger partial charge in [-0.05, 0) is 30.7 Å². The van der Waals surface area contributed by atoms with Crippen molar-refractivity contribution in [1.29, 1.82) is 0 Å². The number of aromatic nitrogens is 2. The lowest BCUT2D eigenvalue weighted by molar-refractivity contribution is -0.115. The number of carbonyl (C=O) groups is 1. The van der Waals surface area contributed by atoms with Gasteiger partial charge in [0, 0.05) is 0 Å². The molecular formula is C14H17N3OS2. The third kappa shape index (κ3) is 4.05. The van der Waals surface area contributed by atoms with Crippen molar-refractivity contribution in [1.82, 2.24) is 10.2 Å². The van der Waals surface area contributed by atoms with Crippen LogP contribution in [0.3, 0.4) is 0 Å². The molecule has 1 N–H and O–H groups in total. The zero-order chi connectivity index (χ0) is 14.5. The Hall–Kier alpha value is -1.40. The summed E-state index contributed by atoms with van der Waals surface area (Å²) in [6, 6.07) is 6.11. The Balaban J connectivity index is 1.97. The van der Waals surface area contributed by atoms with Crippen LogP contribution in [0.25, 0.3) is 0 Å². The highest BCUT2D eigenvalue weighted by atomic mass is 32.2. The van der Waals surface area contributed by atoms with Crippen LogP contribution in [0.4, 0.5) is 5.13 Å². The molecule has 0 aliphatic rings. The normalized spacial score (nSPS) is 10.6. The summed E-state index contributed by atoms with van der Waals surface area (Å²) in [5.74, 6) is 0.895. The molecule has 6 heteroatoms. The van der Waals surface area contributed by atoms with Gasteiger partial charge in [-0.15, -0.1) is 10.2 Å². The Kier molecular flexibility index (Phi) is 5.14. The lowest BCUT2D eigenvalue weighted by Gasteiger charge is -2.06. The number of nitrogens with zero attached hydrogens (tertiary/aromatic N) is 2. The molecule has 2 rings (SSSR count). The van der Waals surface area contributed by atoms with Gasteiger partial charge in [-0.25, -0.2) is 0 Å². The number of hydrogen-bond acceptors (Lipinski definition) is 5. The number of benzene rings is 1. The molecule has 2 aromatic rings. The van der Waals surface area contributed by atoms with Gasteiger partial charge in [0.25, 0.3) is 0 Å². The summed E-state index contributed by atoms with van der Waals surface area (Å²) in [6.45, 7) is 6.13. The number of rotatable bonds is 5. The lowest BCUT2D eigenvalue weighted by atomic mass is 10.0. The maximum atomic E-state index is 12.0. The van der Waals surface area contributed by atoms with E-state index in [2.05, 4.69) is 28.5 Å². The van der Waals surface area contributed by atoms with Crippen LogP contribution in [0, 0.1) is 13.8 Å². The van der Waals surface area contributed by atoms with Crippen LogP contribution in [0.1, 0.15) is 23.6 Å². The summed E-state index contributed by atoms with van der Waals surface area (Å²) in [4.78, 5) is 12.0. The molecule has 0 fully saturated rings. The highest BCUT2D eigenvalue weighted by Gasteiger charge is 2.10. The van der Waals surface area contributed by atoms with Crippen LogP contribution in [0.15, 0.2) is 22.5 Å². The second-order valence-corrected chi connectivity index (χ2v) is 6.95. The quantitative estimate of drug-likeness (QED) is 0.679. The molecule has 20 heavy (non-hydrogen) atoms. The molecule has 0 radical (unpaired) electrons. The van der Waals surface area contributed by atoms with E-state index in [-0.39, 0.29) is 5.91 Å². The fraction of sp³-hybridized carbons (Fsp3) is 0.357. The van der Waals surface area contributed by atoms with E-state index in [0.29, 0.717) is 11.6 Å². The predicted molar refractivity (Wildman–Crippen MR) is 84.6 cm³/mol. The summed E-state index contributed by atoms with van der Waals surface area (Å²) >= 11 is 3.04. The third-order valence-electron chi connectivity index (χ3n) is 2.77. The van der Waals surface area contributed by atoms with E-state index in [1.165, 1.54) is 16.9 Å². The molecule has 0 atom stereocenters. The van der Waals surface area contributed by atoms with E-state index >= 15 is 0 Å². The molecule has 0 aliphatic heterocycles. The summed E-state index contributed by atoms with van der Waals surface area (Å²) in [5.41, 5.74) is 3.39. The molecule has 0 saturated carbocycles. The van der Waals surface area contributed by atoms with Crippen molar-refractivity contribution in [3.05, 3.63) is 34.9 Å². The van der Waals surface area contributed by atoms with Crippen molar-refractivity contribution < 1.29 is 4.79 Å². The summed E-state index contributed by atoms with van der Waals surface area (Å²) in [7, 11) is 0. The fourth-order valence-electron chi connectivity index (χ4n) is 1.82. The molecule has 0 saturated heterocycles. The van der Waals surface area contributed by atoms with Crippen LogP contribution >= 0.6 is 23.1 Å². The first kappa shape index (κ1) is 15.0. The topological polar surface area (TPSA) is 54.9 Å². The zero-order valence-corrected chi connectivity index (χ0v) is 13.4. The minimum Gasteiger partial charge on any atom is -0.300 e. The monoisotopic (exact) mass is 307 g/mol. The minimum absolute atomic E-state index is 0.0545. The lowest BCUT2D eigenvalue weighted by Crippen LogP contribution is -2.14. The first-order chi connectivity index (χ1) is 9.58. The highest BCUT2D eigenvalue weighted by molar-refractivity contribution is 8.01. The Labute approximate surface area is 127 Å². The number of aryl methyl sites for hydroxylation is 2. The Bertz CT molecular complexity index is 610. The van der Waals surface area contributed by atoms with Gasteiger partial charge in [0.2, 0.25) is 11.0 Å². The standard InChI is InChI=1S/C14H17N3OS2/c1-4-19-14-17-16-13(20-14)15-12(18)8-11-6-5-9(2)7-10(11)3/h5-7H,4,8H2,1-3H3,(H,15,16,18). The number of thioether (sulfide) groups is 1. The molecule has 0 spiro atoms. The van der Waals surface area contributed by atoms with E-state index in [1.54, 1.807) is 11.8 Å². The molecule has 1 amide bonds. The molecule has 1 heterocycles. The van der Waals surface area contributed by atoms with Gasteiger partial charge in [0.1, 0.15) is 0 Å². The van der Waals surface area contributed by atoms with Gasteiger partial charge in [-0.2, -0.15) is 0 Å². The van der Waals surface area contributed by atoms with Crippen molar-refractivity contribution >= 4 is 34.1 Å². The summed E-state index contributed by atoms with van der Waals surface area (Å²) in [6.07, 6.45) is 0.363. The van der Waals surface area contributed by atoms with Crippen LogP contribution in [0.2, 0.25) is 0 Å². The molecule has 1 aromatic heterocycles. The number of carbonyl (C=O) groups excluding carboxylic acids is 1. The second kappa shape index (κ2) is 6.85. The third-order valence-corrected chi connectivity index (χ3v) is 4.62. The van der Waals surface area contributed by atoms with Crippen molar-refractivity contribution in [3.8, 4) is 0 Å². The molecule has 0 bridgehead atoms. The van der Waals surface area contributed by atoms with Crippen molar-refractivity contribution in [2.75, 3.05) is 11.1 Å². The van der Waals surface area contributed by atoms with Crippen LogP contribution in [0.5, 0.6) is 0 Å². The number of amides is 1. The largest absolute Gasteiger partial charge is 0.300 e. The molecule has 0 aliphatic carbocycles. The van der Waals surface area contributed by atoms with E-state index in [9.17, 15) is 4.79 Å². The molecule has 4 nitrogen and oxygen atoms in total. The molecule has 106 valence electrons. The Morgan fingerprint density at radius 2 is 2.15 bits per heavy atom.